The molecule has 2 rings (SSSR count). The average Bonchev–Trinajstić information content (AvgIpc) is 2.89. The van der Waals surface area contributed by atoms with Crippen molar-refractivity contribution in [3.05, 3.63) is 29.3 Å². The second-order valence-electron chi connectivity index (χ2n) is 5.32. The number of carbonyl (C=O) groups is 1. The maximum atomic E-state index is 11.4. The molecule has 1 aromatic carbocycles. The molecule has 0 bridgehead atoms. The maximum absolute atomic E-state index is 11.4. The van der Waals surface area contributed by atoms with Crippen LogP contribution in [0.3, 0.4) is 0 Å². The minimum Gasteiger partial charge on any atom is -0.368 e. The minimum absolute atomic E-state index is 0.280. The van der Waals surface area contributed by atoms with Crippen LogP contribution in [-0.2, 0) is 11.3 Å². The maximum Gasteiger partial charge on any atom is 0.236 e. The summed E-state index contributed by atoms with van der Waals surface area (Å²) in [5.74, 6) is -0.280. The quantitative estimate of drug-likeness (QED) is 0.847. The molecule has 1 aromatic rings. The molecule has 4 heteroatoms. The van der Waals surface area contributed by atoms with Crippen LogP contribution in [0.25, 0.3) is 0 Å². The third kappa shape index (κ3) is 3.07. The lowest BCUT2D eigenvalue weighted by atomic mass is 10.0. The first-order valence-electron chi connectivity index (χ1n) is 6.97. The van der Waals surface area contributed by atoms with Gasteiger partial charge < -0.3 is 16.4 Å². The number of hydrogen-bond donors (Lipinski definition) is 2. The van der Waals surface area contributed by atoms with Gasteiger partial charge >= 0.3 is 0 Å². The van der Waals surface area contributed by atoms with Crippen molar-refractivity contribution in [2.45, 2.75) is 45.2 Å². The van der Waals surface area contributed by atoms with Gasteiger partial charge in [-0.25, -0.2) is 0 Å². The van der Waals surface area contributed by atoms with E-state index in [0.29, 0.717) is 12.6 Å². The Balaban J connectivity index is 2.39. The zero-order valence-corrected chi connectivity index (χ0v) is 11.6. The molecule has 1 aliphatic carbocycles. The fourth-order valence-electron chi connectivity index (χ4n) is 3.07. The normalized spacial score (nSPS) is 15.7. The number of hydrogen-bond acceptors (Lipinski definition) is 3. The second kappa shape index (κ2) is 6.06. The second-order valence-corrected chi connectivity index (χ2v) is 5.32. The first-order chi connectivity index (χ1) is 9.13. The lowest BCUT2D eigenvalue weighted by Gasteiger charge is -2.33. The Labute approximate surface area is 114 Å². The largest absolute Gasteiger partial charge is 0.368 e. The predicted molar refractivity (Wildman–Crippen MR) is 77.9 cm³/mol. The fourth-order valence-corrected chi connectivity index (χ4v) is 3.07. The highest BCUT2D eigenvalue weighted by Gasteiger charge is 2.26. The number of aryl methyl sites for hydroxylation is 1. The van der Waals surface area contributed by atoms with E-state index in [1.54, 1.807) is 0 Å². The highest BCUT2D eigenvalue weighted by molar-refractivity contribution is 5.80. The summed E-state index contributed by atoms with van der Waals surface area (Å²) in [5, 5.41) is 0. The number of carbonyl (C=O) groups excluding carboxylic acids is 1. The molecule has 0 aliphatic heterocycles. The van der Waals surface area contributed by atoms with Gasteiger partial charge in [0.05, 0.1) is 6.54 Å². The first-order valence-corrected chi connectivity index (χ1v) is 6.97. The number of anilines is 1. The molecular weight excluding hydrogens is 238 g/mol. The van der Waals surface area contributed by atoms with Gasteiger partial charge in [-0.3, -0.25) is 4.79 Å². The lowest BCUT2D eigenvalue weighted by Crippen LogP contribution is -2.41. The number of benzene rings is 1. The summed E-state index contributed by atoms with van der Waals surface area (Å²) in [6.45, 7) is 2.83. The van der Waals surface area contributed by atoms with Gasteiger partial charge in [0, 0.05) is 18.3 Å². The Morgan fingerprint density at radius 2 is 2.05 bits per heavy atom. The number of primary amides is 1. The molecule has 0 heterocycles. The number of rotatable bonds is 5. The number of para-hydroxylation sites is 1. The van der Waals surface area contributed by atoms with Crippen molar-refractivity contribution in [1.29, 1.82) is 0 Å². The fraction of sp³-hybridized carbons (Fsp3) is 0.533. The lowest BCUT2D eigenvalue weighted by molar-refractivity contribution is -0.116. The van der Waals surface area contributed by atoms with Gasteiger partial charge in [-0.15, -0.1) is 0 Å². The summed E-state index contributed by atoms with van der Waals surface area (Å²) in [6.07, 6.45) is 4.71. The molecule has 0 atom stereocenters. The minimum atomic E-state index is -0.280. The molecular formula is C15H23N3O. The van der Waals surface area contributed by atoms with Crippen LogP contribution in [-0.4, -0.2) is 18.5 Å². The van der Waals surface area contributed by atoms with Gasteiger partial charge in [-0.05, 0) is 30.9 Å². The third-order valence-corrected chi connectivity index (χ3v) is 3.92. The van der Waals surface area contributed by atoms with Crippen LogP contribution in [0, 0.1) is 6.92 Å². The summed E-state index contributed by atoms with van der Waals surface area (Å²) < 4.78 is 0. The van der Waals surface area contributed by atoms with E-state index in [-0.39, 0.29) is 12.5 Å². The van der Waals surface area contributed by atoms with Gasteiger partial charge in [0.1, 0.15) is 0 Å². The Kier molecular flexibility index (Phi) is 4.43. The molecule has 1 amide bonds. The van der Waals surface area contributed by atoms with Crippen molar-refractivity contribution >= 4 is 11.6 Å². The Morgan fingerprint density at radius 1 is 1.37 bits per heavy atom. The zero-order valence-electron chi connectivity index (χ0n) is 11.6. The van der Waals surface area contributed by atoms with E-state index >= 15 is 0 Å². The van der Waals surface area contributed by atoms with Crippen molar-refractivity contribution in [3.8, 4) is 0 Å². The molecule has 0 unspecified atom stereocenters. The summed E-state index contributed by atoms with van der Waals surface area (Å²) >= 11 is 0. The van der Waals surface area contributed by atoms with E-state index in [2.05, 4.69) is 17.9 Å². The van der Waals surface area contributed by atoms with Gasteiger partial charge in [0.2, 0.25) is 5.91 Å². The van der Waals surface area contributed by atoms with Crippen LogP contribution in [0.5, 0.6) is 0 Å². The molecule has 0 radical (unpaired) electrons. The standard InChI is InChI=1S/C15H23N3O/c1-11-5-4-6-12(9-16)15(11)18(10-14(17)19)13-7-2-3-8-13/h4-6,13H,2-3,7-10,16H2,1H3,(H2,17,19). The monoisotopic (exact) mass is 261 g/mol. The molecule has 19 heavy (non-hydrogen) atoms. The molecule has 0 spiro atoms. The van der Waals surface area contributed by atoms with Crippen molar-refractivity contribution in [2.75, 3.05) is 11.4 Å². The summed E-state index contributed by atoms with van der Waals surface area (Å²) in [5.41, 5.74) is 14.6. The van der Waals surface area contributed by atoms with Crippen LogP contribution in [0.1, 0.15) is 36.8 Å². The van der Waals surface area contributed by atoms with E-state index in [1.807, 2.05) is 12.1 Å². The van der Waals surface area contributed by atoms with Crippen LogP contribution < -0.4 is 16.4 Å². The molecule has 1 fully saturated rings. The third-order valence-electron chi connectivity index (χ3n) is 3.92. The SMILES string of the molecule is Cc1cccc(CN)c1N(CC(N)=O)C1CCCC1. The average molecular weight is 261 g/mol. The predicted octanol–water partition coefficient (Wildman–Crippen LogP) is 1.69. The molecule has 1 saturated carbocycles. The molecule has 0 saturated heterocycles. The summed E-state index contributed by atoms with van der Waals surface area (Å²) in [4.78, 5) is 13.6. The van der Waals surface area contributed by atoms with Crippen LogP contribution in [0.15, 0.2) is 18.2 Å². The number of nitrogens with two attached hydrogens (primary N) is 2. The van der Waals surface area contributed by atoms with Crippen LogP contribution in [0.4, 0.5) is 5.69 Å². The Hall–Kier alpha value is -1.55. The molecule has 1 aliphatic rings. The van der Waals surface area contributed by atoms with E-state index in [1.165, 1.54) is 12.8 Å². The Bertz CT molecular complexity index is 453. The summed E-state index contributed by atoms with van der Waals surface area (Å²) in [7, 11) is 0. The van der Waals surface area contributed by atoms with E-state index in [9.17, 15) is 4.79 Å². The van der Waals surface area contributed by atoms with Gasteiger partial charge in [0.25, 0.3) is 0 Å². The highest BCUT2D eigenvalue weighted by atomic mass is 16.1. The summed E-state index contributed by atoms with van der Waals surface area (Å²) in [6, 6.07) is 6.53. The van der Waals surface area contributed by atoms with Crippen LogP contribution in [0.2, 0.25) is 0 Å². The smallest absolute Gasteiger partial charge is 0.236 e. The Morgan fingerprint density at radius 3 is 2.63 bits per heavy atom. The van der Waals surface area contributed by atoms with E-state index in [0.717, 1.165) is 29.7 Å². The number of nitrogens with zero attached hydrogens (tertiary/aromatic N) is 1. The van der Waals surface area contributed by atoms with Crippen molar-refractivity contribution in [2.24, 2.45) is 11.5 Å². The molecule has 0 aromatic heterocycles. The molecule has 4 nitrogen and oxygen atoms in total. The molecule has 4 N–H and O–H groups in total. The van der Waals surface area contributed by atoms with E-state index < -0.39 is 0 Å². The first kappa shape index (κ1) is 13.9. The van der Waals surface area contributed by atoms with Crippen molar-refractivity contribution in [1.82, 2.24) is 0 Å². The molecule has 104 valence electrons. The number of amides is 1. The van der Waals surface area contributed by atoms with Gasteiger partial charge in [-0.1, -0.05) is 31.0 Å². The van der Waals surface area contributed by atoms with Gasteiger partial charge in [0.15, 0.2) is 0 Å². The van der Waals surface area contributed by atoms with E-state index in [4.69, 9.17) is 11.5 Å². The van der Waals surface area contributed by atoms with Crippen molar-refractivity contribution < 1.29 is 4.79 Å². The zero-order chi connectivity index (χ0) is 13.8. The highest BCUT2D eigenvalue weighted by Crippen LogP contribution is 2.32. The topological polar surface area (TPSA) is 72.3 Å². The van der Waals surface area contributed by atoms with Gasteiger partial charge in [-0.2, -0.15) is 0 Å². The van der Waals surface area contributed by atoms with Crippen LogP contribution >= 0.6 is 0 Å². The van der Waals surface area contributed by atoms with Crippen molar-refractivity contribution in [3.63, 3.8) is 0 Å².